The molecule has 5 atom stereocenters. The summed E-state index contributed by atoms with van der Waals surface area (Å²) in [5, 5.41) is 28.9. The van der Waals surface area contributed by atoms with Crippen molar-refractivity contribution in [1.29, 1.82) is 0 Å². The van der Waals surface area contributed by atoms with Gasteiger partial charge in [-0.15, -0.1) is 0 Å². The van der Waals surface area contributed by atoms with Gasteiger partial charge in [0.25, 0.3) is 5.91 Å². The number of ether oxygens (including phenoxy) is 1. The quantitative estimate of drug-likeness (QED) is 0.322. The Labute approximate surface area is 134 Å². The predicted molar refractivity (Wildman–Crippen MR) is 77.3 cm³/mol. The molecule has 0 bridgehead atoms. The second kappa shape index (κ2) is 9.05. The number of hydroxylamine groups is 1. The molecule has 1 saturated heterocycles. The molecular weight excluding hydrogens is 333 g/mol. The van der Waals surface area contributed by atoms with E-state index in [0.29, 0.717) is 0 Å². The van der Waals surface area contributed by atoms with Crippen molar-refractivity contribution in [1.82, 2.24) is 5.48 Å². The van der Waals surface area contributed by atoms with Gasteiger partial charge in [0.05, 0.1) is 19.3 Å². The van der Waals surface area contributed by atoms with Crippen LogP contribution in [0.1, 0.15) is 20.8 Å². The molecule has 0 aromatic heterocycles. The van der Waals surface area contributed by atoms with E-state index in [2.05, 4.69) is 0 Å². The van der Waals surface area contributed by atoms with Crippen molar-refractivity contribution in [3.05, 3.63) is 0 Å². The molecule has 11 heteroatoms. The van der Waals surface area contributed by atoms with Gasteiger partial charge in [0.15, 0.2) is 0 Å². The van der Waals surface area contributed by atoms with Crippen molar-refractivity contribution in [2.45, 2.75) is 51.5 Å². The highest BCUT2D eigenvalue weighted by Gasteiger charge is 2.43. The van der Waals surface area contributed by atoms with E-state index in [4.69, 9.17) is 18.6 Å². The Bertz CT molecular complexity index is 425. The Morgan fingerprint density at radius 3 is 2.22 bits per heavy atom. The molecule has 10 nitrogen and oxygen atoms in total. The predicted octanol–water partition coefficient (Wildman–Crippen LogP) is -0.872. The summed E-state index contributed by atoms with van der Waals surface area (Å²) in [6.45, 7) is 4.91. The molecule has 0 aromatic carbocycles. The van der Waals surface area contributed by atoms with Crippen LogP contribution in [0, 0.1) is 0 Å². The minimum atomic E-state index is -3.58. The summed E-state index contributed by atoms with van der Waals surface area (Å²) in [5.74, 6) is -0.806. The zero-order valence-electron chi connectivity index (χ0n) is 13.2. The largest absolute Gasteiger partial charge is 0.388 e. The number of aliphatic hydroxyl groups excluding tert-OH is 3. The van der Waals surface area contributed by atoms with Gasteiger partial charge in [-0.1, -0.05) is 0 Å². The van der Waals surface area contributed by atoms with E-state index in [-0.39, 0.29) is 13.2 Å². The third-order valence-corrected chi connectivity index (χ3v) is 5.06. The van der Waals surface area contributed by atoms with Crippen molar-refractivity contribution in [3.63, 3.8) is 0 Å². The Morgan fingerprint density at radius 2 is 1.70 bits per heavy atom. The first-order valence-corrected chi connectivity index (χ1v) is 8.99. The second-order valence-corrected chi connectivity index (χ2v) is 6.98. The van der Waals surface area contributed by atoms with Gasteiger partial charge < -0.3 is 29.1 Å². The summed E-state index contributed by atoms with van der Waals surface area (Å²) >= 11 is 0. The van der Waals surface area contributed by atoms with Crippen LogP contribution in [0.3, 0.4) is 0 Å². The number of rotatable bonds is 8. The minimum absolute atomic E-state index is 0.109. The third-order valence-electron chi connectivity index (χ3n) is 3.09. The summed E-state index contributed by atoms with van der Waals surface area (Å²) in [6.07, 6.45) is -7.10. The van der Waals surface area contributed by atoms with E-state index in [9.17, 15) is 24.7 Å². The number of hydrogen-bond acceptors (Lipinski definition) is 9. The van der Waals surface area contributed by atoms with Crippen LogP contribution < -0.4 is 5.48 Å². The number of amides is 1. The lowest BCUT2D eigenvalue weighted by atomic mass is 10.0. The topological polar surface area (TPSA) is 144 Å². The highest BCUT2D eigenvalue weighted by molar-refractivity contribution is 7.54. The monoisotopic (exact) mass is 357 g/mol. The average molecular weight is 357 g/mol. The lowest BCUT2D eigenvalue weighted by Gasteiger charge is -2.38. The first-order chi connectivity index (χ1) is 10.7. The Morgan fingerprint density at radius 1 is 1.13 bits per heavy atom. The molecular formula is C12H24NO9P. The van der Waals surface area contributed by atoms with Crippen LogP contribution in [-0.4, -0.2) is 71.3 Å². The lowest BCUT2D eigenvalue weighted by Crippen LogP contribution is -2.58. The Hall–Kier alpha value is -0.580. The van der Waals surface area contributed by atoms with Crippen LogP contribution in [0.4, 0.5) is 0 Å². The fourth-order valence-electron chi connectivity index (χ4n) is 1.96. The van der Waals surface area contributed by atoms with Crippen LogP contribution in [0.15, 0.2) is 0 Å². The summed E-state index contributed by atoms with van der Waals surface area (Å²) in [7, 11) is -3.58. The fraction of sp³-hybridized carbons (Fsp3) is 0.917. The average Bonchev–Trinajstić information content (AvgIpc) is 2.47. The molecule has 0 spiro atoms. The normalized spacial score (nSPS) is 31.8. The number of carbonyl (C=O) groups excluding carboxylic acids is 1. The summed E-state index contributed by atoms with van der Waals surface area (Å²) < 4.78 is 27.2. The molecule has 136 valence electrons. The first kappa shape index (κ1) is 20.5. The van der Waals surface area contributed by atoms with E-state index in [1.807, 2.05) is 5.48 Å². The van der Waals surface area contributed by atoms with E-state index >= 15 is 0 Å². The molecule has 4 N–H and O–H groups in total. The van der Waals surface area contributed by atoms with Gasteiger partial charge >= 0.3 is 7.60 Å². The minimum Gasteiger partial charge on any atom is -0.388 e. The molecule has 0 aliphatic carbocycles. The summed E-state index contributed by atoms with van der Waals surface area (Å²) in [6, 6.07) is 0. The highest BCUT2D eigenvalue weighted by atomic mass is 31.2. The van der Waals surface area contributed by atoms with Crippen LogP contribution in [0.25, 0.3) is 0 Å². The highest BCUT2D eigenvalue weighted by Crippen LogP contribution is 2.47. The molecule has 1 rings (SSSR count). The molecule has 1 aliphatic heterocycles. The smallest absolute Gasteiger partial charge is 0.340 e. The fourth-order valence-corrected chi connectivity index (χ4v) is 3.42. The molecule has 0 saturated carbocycles. The number of carbonyl (C=O) groups is 1. The molecule has 0 radical (unpaired) electrons. The molecule has 23 heavy (non-hydrogen) atoms. The molecule has 0 unspecified atom stereocenters. The Kier molecular flexibility index (Phi) is 8.05. The zero-order valence-corrected chi connectivity index (χ0v) is 14.1. The van der Waals surface area contributed by atoms with E-state index in [0.717, 1.165) is 0 Å². The van der Waals surface area contributed by atoms with E-state index in [1.54, 1.807) is 13.8 Å². The molecule has 1 fully saturated rings. The van der Waals surface area contributed by atoms with Crippen molar-refractivity contribution in [2.75, 3.05) is 19.4 Å². The molecule has 1 heterocycles. The standard InChI is InChI=1S/C12H24NO9P/c1-4-19-23(18,20-5-2)6-8(14)13-22-12-11(17)10(16)9(15)7(3)21-12/h7,9-12,15-17H,4-6H2,1-3H3,(H,13,14)/t7-,9-,10+,11+,12-/m1/s1. The second-order valence-electron chi connectivity index (χ2n) is 4.93. The van der Waals surface area contributed by atoms with Gasteiger partial charge in [-0.25, -0.2) is 10.3 Å². The van der Waals surface area contributed by atoms with Crippen LogP contribution in [0.5, 0.6) is 0 Å². The van der Waals surface area contributed by atoms with Crippen LogP contribution in [-0.2, 0) is 28.0 Å². The zero-order chi connectivity index (χ0) is 17.6. The van der Waals surface area contributed by atoms with Gasteiger partial charge in [0, 0.05) is 0 Å². The number of nitrogens with one attached hydrogen (secondary N) is 1. The maximum Gasteiger partial charge on any atom is 0.340 e. The van der Waals surface area contributed by atoms with Crippen molar-refractivity contribution < 1.29 is 43.3 Å². The maximum atomic E-state index is 12.2. The van der Waals surface area contributed by atoms with Gasteiger partial charge in [-0.3, -0.25) is 9.36 Å². The van der Waals surface area contributed by atoms with Crippen molar-refractivity contribution in [2.24, 2.45) is 0 Å². The van der Waals surface area contributed by atoms with Crippen molar-refractivity contribution >= 4 is 13.5 Å². The molecule has 1 aliphatic rings. The third kappa shape index (κ3) is 5.77. The maximum absolute atomic E-state index is 12.2. The molecule has 1 amide bonds. The molecule has 0 aromatic rings. The van der Waals surface area contributed by atoms with E-state index < -0.39 is 50.4 Å². The van der Waals surface area contributed by atoms with Crippen LogP contribution >= 0.6 is 7.60 Å². The van der Waals surface area contributed by atoms with Gasteiger partial charge in [0.1, 0.15) is 24.5 Å². The number of aliphatic hydroxyl groups is 3. The van der Waals surface area contributed by atoms with Crippen molar-refractivity contribution in [3.8, 4) is 0 Å². The van der Waals surface area contributed by atoms with Gasteiger partial charge in [-0.2, -0.15) is 0 Å². The van der Waals surface area contributed by atoms with Gasteiger partial charge in [0.2, 0.25) is 6.29 Å². The summed E-state index contributed by atoms with van der Waals surface area (Å²) in [4.78, 5) is 16.6. The lowest BCUT2D eigenvalue weighted by molar-refractivity contribution is -0.305. The Balaban J connectivity index is 2.53. The van der Waals surface area contributed by atoms with Crippen LogP contribution in [0.2, 0.25) is 0 Å². The van der Waals surface area contributed by atoms with Gasteiger partial charge in [-0.05, 0) is 20.8 Å². The first-order valence-electron chi connectivity index (χ1n) is 7.26. The number of hydrogen-bond donors (Lipinski definition) is 4. The summed E-state index contributed by atoms with van der Waals surface area (Å²) in [5.41, 5.74) is 1.96. The van der Waals surface area contributed by atoms with E-state index in [1.165, 1.54) is 6.92 Å². The SMILES string of the molecule is CCOP(=O)(CC(=O)NO[C@H]1O[C@H](C)[C@@H](O)[C@H](O)[C@@H]1O)OCC.